The molecule has 0 aliphatic heterocycles. The van der Waals surface area contributed by atoms with Gasteiger partial charge in [-0.3, -0.25) is 0 Å². The van der Waals surface area contributed by atoms with Crippen LogP contribution in [0.1, 0.15) is 0 Å². The highest BCUT2D eigenvalue weighted by Crippen LogP contribution is 2.34. The number of anilines is 4. The molecule has 0 heterocycles. The van der Waals surface area contributed by atoms with Crippen molar-refractivity contribution >= 4 is 32.6 Å². The minimum absolute atomic E-state index is 0.233. The summed E-state index contributed by atoms with van der Waals surface area (Å²) in [5.74, 6) is 0. The van der Waals surface area contributed by atoms with Crippen LogP contribution >= 0.6 is 0 Å². The van der Waals surface area contributed by atoms with Gasteiger partial charge in [-0.25, -0.2) is 8.42 Å². The predicted octanol–water partition coefficient (Wildman–Crippen LogP) is 7.67. The van der Waals surface area contributed by atoms with Crippen LogP contribution in [0.3, 0.4) is 0 Å². The van der Waals surface area contributed by atoms with Gasteiger partial charge in [0.25, 0.3) is 0 Å². The summed E-state index contributed by atoms with van der Waals surface area (Å²) in [5.41, 5.74) is 5.07. The Hall–Kier alpha value is -4.35. The van der Waals surface area contributed by atoms with Gasteiger partial charge in [0.15, 0.2) is 0 Å². The van der Waals surface area contributed by atoms with E-state index in [1.165, 1.54) is 0 Å². The standard InChI is InChI=1S/C30H24N2O2S/c33-35(34,28-14-8-3-9-15-28)30-22-24(18-21-29(30)32-26-12-6-2-7-13-26)23-16-19-27(20-17-23)31-25-10-4-1-5-11-25/h1-22,31-32H. The van der Waals surface area contributed by atoms with Gasteiger partial charge in [0.05, 0.1) is 15.5 Å². The zero-order valence-corrected chi connectivity index (χ0v) is 19.7. The summed E-state index contributed by atoms with van der Waals surface area (Å²) >= 11 is 0. The van der Waals surface area contributed by atoms with Crippen molar-refractivity contribution in [1.82, 2.24) is 0 Å². The third-order valence-corrected chi connectivity index (χ3v) is 7.47. The van der Waals surface area contributed by atoms with Gasteiger partial charge in [-0.05, 0) is 71.8 Å². The van der Waals surface area contributed by atoms with E-state index in [-0.39, 0.29) is 9.79 Å². The van der Waals surface area contributed by atoms with Gasteiger partial charge in [0.2, 0.25) is 9.84 Å². The first-order valence-electron chi connectivity index (χ1n) is 11.3. The van der Waals surface area contributed by atoms with Crippen LogP contribution in [0, 0.1) is 0 Å². The summed E-state index contributed by atoms with van der Waals surface area (Å²) in [4.78, 5) is 0.493. The van der Waals surface area contributed by atoms with Crippen molar-refractivity contribution in [3.63, 3.8) is 0 Å². The molecule has 0 spiro atoms. The molecule has 172 valence electrons. The lowest BCUT2D eigenvalue weighted by molar-refractivity contribution is 0.596. The average molecular weight is 477 g/mol. The van der Waals surface area contributed by atoms with Crippen LogP contribution in [0.2, 0.25) is 0 Å². The average Bonchev–Trinajstić information content (AvgIpc) is 2.91. The maximum atomic E-state index is 13.6. The molecular weight excluding hydrogens is 452 g/mol. The molecule has 35 heavy (non-hydrogen) atoms. The maximum Gasteiger partial charge on any atom is 0.208 e. The Labute approximate surface area is 205 Å². The Morgan fingerprint density at radius 3 is 1.54 bits per heavy atom. The number of rotatable bonds is 7. The number of sulfone groups is 1. The van der Waals surface area contributed by atoms with Crippen molar-refractivity contribution in [2.45, 2.75) is 9.79 Å². The monoisotopic (exact) mass is 476 g/mol. The number of para-hydroxylation sites is 2. The van der Waals surface area contributed by atoms with E-state index >= 15 is 0 Å². The van der Waals surface area contributed by atoms with Crippen LogP contribution in [-0.2, 0) is 9.84 Å². The quantitative estimate of drug-likeness (QED) is 0.253. The number of hydrogen-bond acceptors (Lipinski definition) is 4. The highest BCUT2D eigenvalue weighted by Gasteiger charge is 2.22. The lowest BCUT2D eigenvalue weighted by Crippen LogP contribution is -2.06. The Morgan fingerprint density at radius 2 is 0.943 bits per heavy atom. The molecule has 0 saturated carbocycles. The molecule has 0 amide bonds. The largest absolute Gasteiger partial charge is 0.356 e. The van der Waals surface area contributed by atoms with Gasteiger partial charge in [0, 0.05) is 17.1 Å². The van der Waals surface area contributed by atoms with E-state index < -0.39 is 9.84 Å². The summed E-state index contributed by atoms with van der Waals surface area (Å²) in [6.45, 7) is 0. The lowest BCUT2D eigenvalue weighted by atomic mass is 10.0. The fourth-order valence-electron chi connectivity index (χ4n) is 3.87. The van der Waals surface area contributed by atoms with Gasteiger partial charge in [-0.15, -0.1) is 0 Å². The van der Waals surface area contributed by atoms with Crippen LogP contribution in [0.4, 0.5) is 22.7 Å². The molecule has 0 radical (unpaired) electrons. The van der Waals surface area contributed by atoms with Crippen LogP contribution in [0.5, 0.6) is 0 Å². The molecule has 0 aliphatic carbocycles. The van der Waals surface area contributed by atoms with Crippen LogP contribution in [-0.4, -0.2) is 8.42 Å². The van der Waals surface area contributed by atoms with Gasteiger partial charge in [-0.1, -0.05) is 72.8 Å². The molecule has 2 N–H and O–H groups in total. The molecule has 0 fully saturated rings. The highest BCUT2D eigenvalue weighted by molar-refractivity contribution is 7.91. The topological polar surface area (TPSA) is 58.2 Å². The van der Waals surface area contributed by atoms with E-state index in [1.807, 2.05) is 103 Å². The maximum absolute atomic E-state index is 13.6. The molecule has 5 aromatic carbocycles. The van der Waals surface area contributed by atoms with Crippen molar-refractivity contribution in [3.05, 3.63) is 133 Å². The molecule has 5 aromatic rings. The summed E-state index contributed by atoms with van der Waals surface area (Å²) < 4.78 is 27.3. The molecule has 4 nitrogen and oxygen atoms in total. The first kappa shape index (κ1) is 22.4. The van der Waals surface area contributed by atoms with Crippen molar-refractivity contribution in [1.29, 1.82) is 0 Å². The molecule has 5 heteroatoms. The van der Waals surface area contributed by atoms with Gasteiger partial charge < -0.3 is 10.6 Å². The van der Waals surface area contributed by atoms with E-state index in [0.717, 1.165) is 28.2 Å². The second-order valence-electron chi connectivity index (χ2n) is 8.09. The zero-order chi connectivity index (χ0) is 24.1. The number of benzene rings is 5. The smallest absolute Gasteiger partial charge is 0.208 e. The SMILES string of the molecule is O=S(=O)(c1ccccc1)c1cc(-c2ccc(Nc3ccccc3)cc2)ccc1Nc1ccccc1. The number of hydrogen-bond donors (Lipinski definition) is 2. The summed E-state index contributed by atoms with van der Waals surface area (Å²) in [5, 5.41) is 6.64. The number of nitrogens with one attached hydrogen (secondary N) is 2. The van der Waals surface area contributed by atoms with E-state index in [9.17, 15) is 8.42 Å². The van der Waals surface area contributed by atoms with Crippen molar-refractivity contribution < 1.29 is 8.42 Å². The summed E-state index contributed by atoms with van der Waals surface area (Å²) in [6.07, 6.45) is 0. The minimum atomic E-state index is -3.74. The molecule has 0 aromatic heterocycles. The van der Waals surface area contributed by atoms with E-state index in [1.54, 1.807) is 30.3 Å². The van der Waals surface area contributed by atoms with Crippen molar-refractivity contribution in [2.75, 3.05) is 10.6 Å². The van der Waals surface area contributed by atoms with Crippen molar-refractivity contribution in [3.8, 4) is 11.1 Å². The summed E-state index contributed by atoms with van der Waals surface area (Å²) in [6, 6.07) is 41.5. The van der Waals surface area contributed by atoms with Gasteiger partial charge in [0.1, 0.15) is 0 Å². The Morgan fingerprint density at radius 1 is 0.457 bits per heavy atom. The second-order valence-corrected chi connectivity index (χ2v) is 10.0. The fraction of sp³-hybridized carbons (Fsp3) is 0. The van der Waals surface area contributed by atoms with E-state index in [2.05, 4.69) is 10.6 Å². The zero-order valence-electron chi connectivity index (χ0n) is 18.9. The normalized spacial score (nSPS) is 11.1. The van der Waals surface area contributed by atoms with Crippen LogP contribution in [0.15, 0.2) is 143 Å². The fourth-order valence-corrected chi connectivity index (χ4v) is 5.33. The molecule has 0 atom stereocenters. The molecule has 0 aliphatic rings. The van der Waals surface area contributed by atoms with Crippen LogP contribution in [0.25, 0.3) is 11.1 Å². The third kappa shape index (κ3) is 5.10. The van der Waals surface area contributed by atoms with Crippen LogP contribution < -0.4 is 10.6 Å². The molecule has 5 rings (SSSR count). The minimum Gasteiger partial charge on any atom is -0.356 e. The van der Waals surface area contributed by atoms with Gasteiger partial charge in [-0.2, -0.15) is 0 Å². The molecule has 0 bridgehead atoms. The molecule has 0 saturated heterocycles. The highest BCUT2D eigenvalue weighted by atomic mass is 32.2. The molecular formula is C30H24N2O2S. The van der Waals surface area contributed by atoms with Crippen molar-refractivity contribution in [2.24, 2.45) is 0 Å². The second kappa shape index (κ2) is 9.87. The first-order chi connectivity index (χ1) is 17.1. The third-order valence-electron chi connectivity index (χ3n) is 5.66. The lowest BCUT2D eigenvalue weighted by Gasteiger charge is -2.15. The summed E-state index contributed by atoms with van der Waals surface area (Å²) in [7, 11) is -3.74. The Kier molecular flexibility index (Phi) is 6.33. The molecule has 0 unspecified atom stereocenters. The van der Waals surface area contributed by atoms with E-state index in [4.69, 9.17) is 0 Å². The Balaban J connectivity index is 1.52. The Bertz CT molecular complexity index is 1520. The first-order valence-corrected chi connectivity index (χ1v) is 12.8. The van der Waals surface area contributed by atoms with E-state index in [0.29, 0.717) is 5.69 Å². The predicted molar refractivity (Wildman–Crippen MR) is 143 cm³/mol. The van der Waals surface area contributed by atoms with Gasteiger partial charge >= 0.3 is 0 Å².